The van der Waals surface area contributed by atoms with Crippen LogP contribution in [0.5, 0.6) is 5.75 Å². The number of hydrogen-bond acceptors (Lipinski definition) is 3. The first-order valence-corrected chi connectivity index (χ1v) is 7.38. The molecule has 0 aliphatic carbocycles. The van der Waals surface area contributed by atoms with E-state index in [0.29, 0.717) is 11.4 Å². The molecule has 0 saturated carbocycles. The normalized spacial score (nSPS) is 10.5. The Kier molecular flexibility index (Phi) is 4.71. The number of hydrogen-bond donors (Lipinski definition) is 1. The number of nitrogen functional groups attached to an aromatic ring is 1. The fourth-order valence-electron chi connectivity index (χ4n) is 1.67. The molecule has 5 heteroatoms. The van der Waals surface area contributed by atoms with Crippen LogP contribution in [0.3, 0.4) is 0 Å². The third-order valence-corrected chi connectivity index (χ3v) is 4.23. The summed E-state index contributed by atoms with van der Waals surface area (Å²) in [5, 5.41) is 0. The fourth-order valence-corrected chi connectivity index (χ4v) is 3.00. The minimum atomic E-state index is -0.318. The van der Waals surface area contributed by atoms with Gasteiger partial charge in [0.2, 0.25) is 0 Å². The third kappa shape index (κ3) is 3.64. The van der Waals surface area contributed by atoms with Crippen LogP contribution < -0.4 is 10.5 Å². The van der Waals surface area contributed by atoms with Gasteiger partial charge >= 0.3 is 0 Å². The van der Waals surface area contributed by atoms with Gasteiger partial charge in [-0.25, -0.2) is 4.39 Å². The summed E-state index contributed by atoms with van der Waals surface area (Å²) in [4.78, 5) is 0.864. The van der Waals surface area contributed by atoms with Gasteiger partial charge in [-0.1, -0.05) is 15.9 Å². The van der Waals surface area contributed by atoms with Gasteiger partial charge in [-0.3, -0.25) is 0 Å². The van der Waals surface area contributed by atoms with E-state index in [1.54, 1.807) is 24.9 Å². The maximum atomic E-state index is 13.0. The molecular formula is C14H13BrFNOS. The summed E-state index contributed by atoms with van der Waals surface area (Å²) in [7, 11) is 1.64. The number of rotatable bonds is 4. The molecule has 0 saturated heterocycles. The lowest BCUT2D eigenvalue weighted by atomic mass is 10.2. The molecule has 0 aliphatic heterocycles. The molecule has 0 fully saturated rings. The molecule has 0 amide bonds. The van der Waals surface area contributed by atoms with E-state index in [9.17, 15) is 4.39 Å². The Bertz CT molecular complexity index is 592. The molecule has 0 bridgehead atoms. The molecule has 0 atom stereocenters. The standard InChI is InChI=1S/C14H13BrFNOS/c1-18-13-4-2-10(15)6-9(13)8-19-14-5-3-11(16)7-12(14)17/h2-7H,8,17H2,1H3. The number of halogens is 2. The average molecular weight is 342 g/mol. The van der Waals surface area contributed by atoms with Crippen LogP contribution in [0.4, 0.5) is 10.1 Å². The summed E-state index contributed by atoms with van der Waals surface area (Å²) in [5.41, 5.74) is 7.30. The SMILES string of the molecule is COc1ccc(Br)cc1CSc1ccc(F)cc1N. The van der Waals surface area contributed by atoms with Crippen molar-refractivity contribution in [3.8, 4) is 5.75 Å². The van der Waals surface area contributed by atoms with Crippen LogP contribution in [-0.2, 0) is 5.75 Å². The van der Waals surface area contributed by atoms with Gasteiger partial charge in [-0.05, 0) is 36.4 Å². The van der Waals surface area contributed by atoms with Crippen LogP contribution in [-0.4, -0.2) is 7.11 Å². The molecule has 0 spiro atoms. The van der Waals surface area contributed by atoms with Crippen LogP contribution in [0.25, 0.3) is 0 Å². The molecule has 2 rings (SSSR count). The van der Waals surface area contributed by atoms with Crippen molar-refractivity contribution in [2.75, 3.05) is 12.8 Å². The molecule has 0 radical (unpaired) electrons. The van der Waals surface area contributed by atoms with Crippen LogP contribution in [0.15, 0.2) is 45.8 Å². The highest BCUT2D eigenvalue weighted by Crippen LogP contribution is 2.32. The first-order valence-electron chi connectivity index (χ1n) is 5.60. The molecular weight excluding hydrogens is 329 g/mol. The number of ether oxygens (including phenoxy) is 1. The van der Waals surface area contributed by atoms with Crippen LogP contribution in [0.2, 0.25) is 0 Å². The van der Waals surface area contributed by atoms with Gasteiger partial charge in [0.25, 0.3) is 0 Å². The zero-order valence-electron chi connectivity index (χ0n) is 10.3. The molecule has 0 aliphatic rings. The molecule has 0 unspecified atom stereocenters. The van der Waals surface area contributed by atoms with Crippen molar-refractivity contribution in [2.24, 2.45) is 0 Å². The van der Waals surface area contributed by atoms with E-state index in [1.807, 2.05) is 18.2 Å². The highest BCUT2D eigenvalue weighted by molar-refractivity contribution is 9.10. The summed E-state index contributed by atoms with van der Waals surface area (Å²) in [6.07, 6.45) is 0. The lowest BCUT2D eigenvalue weighted by molar-refractivity contribution is 0.411. The minimum absolute atomic E-state index is 0.318. The van der Waals surface area contributed by atoms with Gasteiger partial charge < -0.3 is 10.5 Å². The summed E-state index contributed by atoms with van der Waals surface area (Å²) >= 11 is 4.99. The van der Waals surface area contributed by atoms with E-state index >= 15 is 0 Å². The third-order valence-electron chi connectivity index (χ3n) is 2.60. The number of thioether (sulfide) groups is 1. The Balaban J connectivity index is 2.16. The average Bonchev–Trinajstić information content (AvgIpc) is 2.38. The van der Waals surface area contributed by atoms with Crippen LogP contribution in [0, 0.1) is 5.82 Å². The molecule has 19 heavy (non-hydrogen) atoms. The van der Waals surface area contributed by atoms with E-state index < -0.39 is 0 Å². The van der Waals surface area contributed by atoms with Gasteiger partial charge in [-0.15, -0.1) is 11.8 Å². The Morgan fingerprint density at radius 3 is 2.74 bits per heavy atom. The lowest BCUT2D eigenvalue weighted by Gasteiger charge is -2.10. The largest absolute Gasteiger partial charge is 0.496 e. The second-order valence-electron chi connectivity index (χ2n) is 3.93. The predicted molar refractivity (Wildman–Crippen MR) is 81.1 cm³/mol. The van der Waals surface area contributed by atoms with Crippen LogP contribution in [0.1, 0.15) is 5.56 Å². The molecule has 100 valence electrons. The van der Waals surface area contributed by atoms with Crippen molar-refractivity contribution < 1.29 is 9.13 Å². The summed E-state index contributed by atoms with van der Waals surface area (Å²) in [6.45, 7) is 0. The van der Waals surface area contributed by atoms with Gasteiger partial charge in [0.15, 0.2) is 0 Å². The van der Waals surface area contributed by atoms with Crippen molar-refractivity contribution in [3.63, 3.8) is 0 Å². The van der Waals surface area contributed by atoms with E-state index in [-0.39, 0.29) is 5.82 Å². The smallest absolute Gasteiger partial charge is 0.125 e. The monoisotopic (exact) mass is 341 g/mol. The second kappa shape index (κ2) is 6.30. The summed E-state index contributed by atoms with van der Waals surface area (Å²) in [5.74, 6) is 1.22. The topological polar surface area (TPSA) is 35.2 Å². The molecule has 2 nitrogen and oxygen atoms in total. The first kappa shape index (κ1) is 14.2. The highest BCUT2D eigenvalue weighted by Gasteiger charge is 2.07. The molecule has 0 aromatic heterocycles. The Hall–Kier alpha value is -1.20. The van der Waals surface area contributed by atoms with Gasteiger partial charge in [0.1, 0.15) is 11.6 Å². The van der Waals surface area contributed by atoms with Crippen molar-refractivity contribution in [3.05, 3.63) is 52.3 Å². The first-order chi connectivity index (χ1) is 9.10. The lowest BCUT2D eigenvalue weighted by Crippen LogP contribution is -1.93. The van der Waals surface area contributed by atoms with Gasteiger partial charge in [0.05, 0.1) is 7.11 Å². The number of anilines is 1. The zero-order valence-corrected chi connectivity index (χ0v) is 12.7. The summed E-state index contributed by atoms with van der Waals surface area (Å²) in [6, 6.07) is 10.3. The highest BCUT2D eigenvalue weighted by atomic mass is 79.9. The van der Waals surface area contributed by atoms with E-state index in [4.69, 9.17) is 10.5 Å². The Morgan fingerprint density at radius 1 is 1.26 bits per heavy atom. The fraction of sp³-hybridized carbons (Fsp3) is 0.143. The maximum absolute atomic E-state index is 13.0. The van der Waals surface area contributed by atoms with E-state index in [1.165, 1.54) is 12.1 Å². The minimum Gasteiger partial charge on any atom is -0.496 e. The van der Waals surface area contributed by atoms with E-state index in [2.05, 4.69) is 15.9 Å². The molecule has 2 aromatic carbocycles. The zero-order chi connectivity index (χ0) is 13.8. The van der Waals surface area contributed by atoms with Crippen molar-refractivity contribution in [1.29, 1.82) is 0 Å². The summed E-state index contributed by atoms with van der Waals surface area (Å²) < 4.78 is 19.3. The van der Waals surface area contributed by atoms with Crippen molar-refractivity contribution in [2.45, 2.75) is 10.6 Å². The van der Waals surface area contributed by atoms with Gasteiger partial charge in [-0.2, -0.15) is 0 Å². The number of nitrogens with two attached hydrogens (primary N) is 1. The van der Waals surface area contributed by atoms with Crippen molar-refractivity contribution in [1.82, 2.24) is 0 Å². The maximum Gasteiger partial charge on any atom is 0.125 e. The number of benzene rings is 2. The molecule has 2 N–H and O–H groups in total. The predicted octanol–water partition coefficient (Wildman–Crippen LogP) is 4.47. The molecule has 0 heterocycles. The second-order valence-corrected chi connectivity index (χ2v) is 5.86. The Labute approximate surface area is 124 Å². The van der Waals surface area contributed by atoms with Crippen LogP contribution >= 0.6 is 27.7 Å². The van der Waals surface area contributed by atoms with Crippen molar-refractivity contribution >= 4 is 33.4 Å². The van der Waals surface area contributed by atoms with E-state index in [0.717, 1.165) is 20.7 Å². The number of methoxy groups -OCH3 is 1. The quantitative estimate of drug-likeness (QED) is 0.658. The Morgan fingerprint density at radius 2 is 2.05 bits per heavy atom. The van der Waals surface area contributed by atoms with Gasteiger partial charge in [0, 0.05) is 26.4 Å². The molecule has 2 aromatic rings.